The minimum Gasteiger partial charge on any atom is -0.376 e. The molecule has 5 heteroatoms. The first-order valence-corrected chi connectivity index (χ1v) is 11.3. The summed E-state index contributed by atoms with van der Waals surface area (Å²) in [6, 6.07) is 9.03. The molecule has 3 aliphatic rings. The van der Waals surface area contributed by atoms with Crippen molar-refractivity contribution in [2.75, 3.05) is 32.8 Å². The minimum atomic E-state index is 0.265. The minimum absolute atomic E-state index is 0.265. The first kappa shape index (κ1) is 19.1. The van der Waals surface area contributed by atoms with Gasteiger partial charge in [-0.3, -0.25) is 9.69 Å². The van der Waals surface area contributed by atoms with Gasteiger partial charge in [-0.1, -0.05) is 12.1 Å². The predicted octanol–water partition coefficient (Wildman–Crippen LogP) is 3.56. The van der Waals surface area contributed by atoms with Crippen LogP contribution in [0.1, 0.15) is 44.1 Å². The van der Waals surface area contributed by atoms with E-state index in [0.29, 0.717) is 11.3 Å². The van der Waals surface area contributed by atoms with E-state index in [4.69, 9.17) is 4.74 Å². The molecule has 3 fully saturated rings. The highest BCUT2D eigenvalue weighted by molar-refractivity contribution is 5.80. The fourth-order valence-electron chi connectivity index (χ4n) is 5.56. The number of aromatic nitrogens is 1. The molecule has 0 N–H and O–H groups in total. The van der Waals surface area contributed by atoms with E-state index >= 15 is 0 Å². The van der Waals surface area contributed by atoms with Crippen LogP contribution < -0.4 is 0 Å². The van der Waals surface area contributed by atoms with E-state index < -0.39 is 0 Å². The van der Waals surface area contributed by atoms with Crippen molar-refractivity contribution in [3.8, 4) is 0 Å². The topological polar surface area (TPSA) is 37.7 Å². The molecular weight excluding hydrogens is 362 g/mol. The van der Waals surface area contributed by atoms with Crippen LogP contribution in [0, 0.1) is 5.41 Å². The Balaban J connectivity index is 1.19. The number of piperidine rings is 2. The number of carbonyl (C=O) groups is 1. The second kappa shape index (κ2) is 7.77. The first-order valence-electron chi connectivity index (χ1n) is 11.3. The van der Waals surface area contributed by atoms with Gasteiger partial charge in [-0.2, -0.15) is 0 Å². The molecule has 29 heavy (non-hydrogen) atoms. The molecule has 1 amide bonds. The molecule has 0 bridgehead atoms. The quantitative estimate of drug-likeness (QED) is 0.794. The predicted molar refractivity (Wildman–Crippen MR) is 115 cm³/mol. The Morgan fingerprint density at radius 3 is 2.83 bits per heavy atom. The Hall–Kier alpha value is -1.85. The molecule has 0 aliphatic carbocycles. The van der Waals surface area contributed by atoms with Gasteiger partial charge in [0, 0.05) is 51.4 Å². The number of likely N-dealkylation sites (tertiary alicyclic amines) is 2. The zero-order valence-corrected chi connectivity index (χ0v) is 17.6. The van der Waals surface area contributed by atoms with Crippen LogP contribution in [0.5, 0.6) is 0 Å². The summed E-state index contributed by atoms with van der Waals surface area (Å²) in [6.45, 7) is 5.90. The summed E-state index contributed by atoms with van der Waals surface area (Å²) in [5, 5.41) is 1.31. The molecule has 0 radical (unpaired) electrons. The zero-order chi connectivity index (χ0) is 19.8. The second-order valence-electron chi connectivity index (χ2n) is 9.51. The number of fused-ring (bicyclic) bond motifs is 1. The van der Waals surface area contributed by atoms with Gasteiger partial charge < -0.3 is 14.2 Å². The van der Waals surface area contributed by atoms with E-state index in [2.05, 4.69) is 51.9 Å². The normalized spacial score (nSPS) is 25.3. The number of rotatable bonds is 4. The highest BCUT2D eigenvalue weighted by Gasteiger charge is 2.41. The van der Waals surface area contributed by atoms with Crippen molar-refractivity contribution in [2.45, 2.75) is 51.2 Å². The summed E-state index contributed by atoms with van der Waals surface area (Å²) in [4.78, 5) is 17.2. The summed E-state index contributed by atoms with van der Waals surface area (Å²) < 4.78 is 7.99. The van der Waals surface area contributed by atoms with Crippen LogP contribution in [0.2, 0.25) is 0 Å². The number of nitrogens with zero attached hydrogens (tertiary/aromatic N) is 3. The van der Waals surface area contributed by atoms with Gasteiger partial charge in [-0.05, 0) is 73.7 Å². The number of carbonyl (C=O) groups excluding carboxylic acids is 1. The average Bonchev–Trinajstić information content (AvgIpc) is 3.37. The van der Waals surface area contributed by atoms with Gasteiger partial charge in [0.25, 0.3) is 0 Å². The summed E-state index contributed by atoms with van der Waals surface area (Å²) in [5.74, 6) is 0.337. The average molecular weight is 396 g/mol. The Morgan fingerprint density at radius 2 is 2.03 bits per heavy atom. The fraction of sp³-hybridized carbons (Fsp3) is 0.625. The van der Waals surface area contributed by atoms with Crippen molar-refractivity contribution in [3.63, 3.8) is 0 Å². The van der Waals surface area contributed by atoms with Gasteiger partial charge in [-0.25, -0.2) is 0 Å². The van der Waals surface area contributed by atoms with Crippen molar-refractivity contribution in [1.29, 1.82) is 0 Å². The Bertz CT molecular complexity index is 875. The van der Waals surface area contributed by atoms with Crippen molar-refractivity contribution in [2.24, 2.45) is 12.5 Å². The van der Waals surface area contributed by atoms with Gasteiger partial charge >= 0.3 is 0 Å². The van der Waals surface area contributed by atoms with Crippen molar-refractivity contribution in [1.82, 2.24) is 14.4 Å². The van der Waals surface area contributed by atoms with Crippen LogP contribution >= 0.6 is 0 Å². The largest absolute Gasteiger partial charge is 0.376 e. The first-order chi connectivity index (χ1) is 14.1. The van der Waals surface area contributed by atoms with Crippen LogP contribution in [0.4, 0.5) is 0 Å². The third kappa shape index (κ3) is 3.95. The number of hydrogen-bond acceptors (Lipinski definition) is 3. The maximum absolute atomic E-state index is 12.5. The third-order valence-corrected chi connectivity index (χ3v) is 7.47. The number of amides is 1. The molecule has 1 unspecified atom stereocenters. The molecule has 1 atom stereocenters. The van der Waals surface area contributed by atoms with Crippen LogP contribution in [0.15, 0.2) is 30.5 Å². The van der Waals surface area contributed by atoms with Gasteiger partial charge in [0.15, 0.2) is 0 Å². The van der Waals surface area contributed by atoms with E-state index in [1.165, 1.54) is 29.3 Å². The molecular formula is C24H33N3O2. The third-order valence-electron chi connectivity index (χ3n) is 7.47. The van der Waals surface area contributed by atoms with E-state index in [9.17, 15) is 4.79 Å². The summed E-state index contributed by atoms with van der Waals surface area (Å²) >= 11 is 0. The lowest BCUT2D eigenvalue weighted by Crippen LogP contribution is -2.52. The van der Waals surface area contributed by atoms with E-state index in [1.807, 2.05) is 0 Å². The maximum Gasteiger partial charge on any atom is 0.222 e. The summed E-state index contributed by atoms with van der Waals surface area (Å²) in [7, 11) is 2.11. The van der Waals surface area contributed by atoms with Crippen LogP contribution in [0.25, 0.3) is 10.9 Å². The maximum atomic E-state index is 12.5. The SMILES string of the molecule is Cn1ccc2ccc(CN3CCC4(CCC(=O)N(CC5CCCO5)C4)CC3)cc21. The molecule has 3 saturated heterocycles. The van der Waals surface area contributed by atoms with Crippen LogP contribution in [-0.4, -0.2) is 59.2 Å². The van der Waals surface area contributed by atoms with E-state index in [-0.39, 0.29) is 6.10 Å². The summed E-state index contributed by atoms with van der Waals surface area (Å²) in [5.41, 5.74) is 3.03. The highest BCUT2D eigenvalue weighted by atomic mass is 16.5. The Labute approximate surface area is 173 Å². The van der Waals surface area contributed by atoms with Crippen LogP contribution in [0.3, 0.4) is 0 Å². The molecule has 0 saturated carbocycles. The number of hydrogen-bond donors (Lipinski definition) is 0. The lowest BCUT2D eigenvalue weighted by Gasteiger charge is -2.48. The molecule has 1 spiro atoms. The van der Waals surface area contributed by atoms with Gasteiger partial charge in [-0.15, -0.1) is 0 Å². The van der Waals surface area contributed by atoms with Crippen LogP contribution in [-0.2, 0) is 23.1 Å². The molecule has 156 valence electrons. The Morgan fingerprint density at radius 1 is 1.17 bits per heavy atom. The fourth-order valence-corrected chi connectivity index (χ4v) is 5.56. The Kier molecular flexibility index (Phi) is 5.12. The molecule has 1 aromatic heterocycles. The lowest BCUT2D eigenvalue weighted by atomic mass is 9.72. The monoisotopic (exact) mass is 395 g/mol. The smallest absolute Gasteiger partial charge is 0.222 e. The van der Waals surface area contributed by atoms with Gasteiger partial charge in [0.1, 0.15) is 0 Å². The van der Waals surface area contributed by atoms with E-state index in [0.717, 1.165) is 65.0 Å². The van der Waals surface area contributed by atoms with Gasteiger partial charge in [0.05, 0.1) is 6.10 Å². The number of aryl methyl sites for hydroxylation is 1. The highest BCUT2D eigenvalue weighted by Crippen LogP contribution is 2.40. The van der Waals surface area contributed by atoms with E-state index in [1.54, 1.807) is 0 Å². The molecule has 5 nitrogen and oxygen atoms in total. The molecule has 2 aromatic rings. The molecule has 3 aliphatic heterocycles. The lowest BCUT2D eigenvalue weighted by molar-refractivity contribution is -0.141. The number of ether oxygens (including phenoxy) is 1. The standard InChI is InChI=1S/C24H33N3O2/c1-25-11-7-20-5-4-19(15-22(20)25)16-26-12-9-24(10-13-26)8-6-23(28)27(18-24)17-21-3-2-14-29-21/h4-5,7,11,15,21H,2-3,6,8-10,12-14,16-18H2,1H3. The zero-order valence-electron chi connectivity index (χ0n) is 17.6. The van der Waals surface area contributed by atoms with Gasteiger partial charge in [0.2, 0.25) is 5.91 Å². The van der Waals surface area contributed by atoms with Crippen molar-refractivity contribution < 1.29 is 9.53 Å². The molecule has 5 rings (SSSR count). The van der Waals surface area contributed by atoms with Crippen molar-refractivity contribution >= 4 is 16.8 Å². The molecule has 1 aromatic carbocycles. The second-order valence-corrected chi connectivity index (χ2v) is 9.51. The summed E-state index contributed by atoms with van der Waals surface area (Å²) in [6.07, 6.45) is 8.84. The molecule has 4 heterocycles. The number of benzene rings is 1. The van der Waals surface area contributed by atoms with Crippen molar-refractivity contribution in [3.05, 3.63) is 36.0 Å².